The van der Waals surface area contributed by atoms with E-state index in [1.165, 1.54) is 0 Å². The third kappa shape index (κ3) is 1.06. The highest BCUT2D eigenvalue weighted by Gasteiger charge is 2.44. The highest BCUT2D eigenvalue weighted by molar-refractivity contribution is 4.96. The number of hydrogen-bond acceptors (Lipinski definition) is 2. The van der Waals surface area contributed by atoms with Crippen LogP contribution in [0.25, 0.3) is 0 Å². The Labute approximate surface area is 62.4 Å². The third-order valence-corrected chi connectivity index (χ3v) is 2.92. The summed E-state index contributed by atoms with van der Waals surface area (Å²) in [7, 11) is 0. The van der Waals surface area contributed by atoms with Crippen LogP contribution in [-0.4, -0.2) is 17.8 Å². The van der Waals surface area contributed by atoms with Crippen molar-refractivity contribution in [3.05, 3.63) is 0 Å². The standard InChI is InChI=1S/C8H17NO/c1-6(2)8(5-9)3-7(10)4-8/h6-7,10H,3-5,9H2,1-2H3. The van der Waals surface area contributed by atoms with E-state index in [1.807, 2.05) is 0 Å². The van der Waals surface area contributed by atoms with Crippen molar-refractivity contribution in [3.63, 3.8) is 0 Å². The van der Waals surface area contributed by atoms with Gasteiger partial charge in [-0.25, -0.2) is 0 Å². The summed E-state index contributed by atoms with van der Waals surface area (Å²) in [6.45, 7) is 5.08. The van der Waals surface area contributed by atoms with Crippen LogP contribution in [0.15, 0.2) is 0 Å². The van der Waals surface area contributed by atoms with Crippen molar-refractivity contribution in [3.8, 4) is 0 Å². The number of nitrogens with two attached hydrogens (primary N) is 1. The second kappa shape index (κ2) is 2.51. The Bertz CT molecular complexity index is 116. The van der Waals surface area contributed by atoms with Gasteiger partial charge in [0.25, 0.3) is 0 Å². The molecule has 0 aliphatic heterocycles. The normalized spacial score (nSPS) is 39.9. The molecule has 1 aliphatic rings. The van der Waals surface area contributed by atoms with E-state index in [9.17, 15) is 0 Å². The second-order valence-electron chi connectivity index (χ2n) is 3.78. The molecule has 0 amide bonds. The van der Waals surface area contributed by atoms with Gasteiger partial charge in [0.15, 0.2) is 0 Å². The van der Waals surface area contributed by atoms with Crippen LogP contribution in [-0.2, 0) is 0 Å². The quantitative estimate of drug-likeness (QED) is 0.599. The molecule has 60 valence electrons. The molecule has 0 heterocycles. The Morgan fingerprint density at radius 1 is 1.60 bits per heavy atom. The summed E-state index contributed by atoms with van der Waals surface area (Å²) in [5, 5.41) is 9.11. The molecule has 10 heavy (non-hydrogen) atoms. The summed E-state index contributed by atoms with van der Waals surface area (Å²) < 4.78 is 0. The van der Waals surface area contributed by atoms with Crippen molar-refractivity contribution in [1.29, 1.82) is 0 Å². The molecule has 0 bridgehead atoms. The first-order valence-electron chi connectivity index (χ1n) is 3.99. The maximum absolute atomic E-state index is 9.11. The van der Waals surface area contributed by atoms with Gasteiger partial charge in [-0.15, -0.1) is 0 Å². The van der Waals surface area contributed by atoms with Crippen molar-refractivity contribution < 1.29 is 5.11 Å². The van der Waals surface area contributed by atoms with Gasteiger partial charge in [0.1, 0.15) is 0 Å². The van der Waals surface area contributed by atoms with E-state index in [0.29, 0.717) is 5.92 Å². The topological polar surface area (TPSA) is 46.2 Å². The lowest BCUT2D eigenvalue weighted by atomic mass is 9.60. The van der Waals surface area contributed by atoms with Crippen LogP contribution in [0.3, 0.4) is 0 Å². The maximum Gasteiger partial charge on any atom is 0.0552 e. The van der Waals surface area contributed by atoms with Gasteiger partial charge in [-0.1, -0.05) is 13.8 Å². The number of aliphatic hydroxyl groups is 1. The van der Waals surface area contributed by atoms with Gasteiger partial charge in [0.05, 0.1) is 6.10 Å². The molecule has 1 saturated carbocycles. The van der Waals surface area contributed by atoms with Gasteiger partial charge in [0.2, 0.25) is 0 Å². The first-order chi connectivity index (χ1) is 4.60. The van der Waals surface area contributed by atoms with Crippen molar-refractivity contribution in [2.45, 2.75) is 32.8 Å². The zero-order chi connectivity index (χ0) is 7.78. The van der Waals surface area contributed by atoms with E-state index < -0.39 is 0 Å². The van der Waals surface area contributed by atoms with Crippen molar-refractivity contribution in [2.24, 2.45) is 17.1 Å². The lowest BCUT2D eigenvalue weighted by molar-refractivity contribution is -0.0550. The molecular formula is C8H17NO. The molecule has 1 fully saturated rings. The fraction of sp³-hybridized carbons (Fsp3) is 1.00. The average Bonchev–Trinajstić information content (AvgIpc) is 1.79. The van der Waals surface area contributed by atoms with Gasteiger partial charge in [-0.05, 0) is 30.7 Å². The smallest absolute Gasteiger partial charge is 0.0552 e. The van der Waals surface area contributed by atoms with Crippen molar-refractivity contribution >= 4 is 0 Å². The Morgan fingerprint density at radius 3 is 2.20 bits per heavy atom. The fourth-order valence-corrected chi connectivity index (χ4v) is 1.75. The molecule has 0 aromatic rings. The molecule has 1 aliphatic carbocycles. The molecular weight excluding hydrogens is 126 g/mol. The second-order valence-corrected chi connectivity index (χ2v) is 3.78. The zero-order valence-corrected chi connectivity index (χ0v) is 6.80. The van der Waals surface area contributed by atoms with E-state index in [1.54, 1.807) is 0 Å². The minimum atomic E-state index is -0.0778. The van der Waals surface area contributed by atoms with Gasteiger partial charge in [-0.3, -0.25) is 0 Å². The summed E-state index contributed by atoms with van der Waals surface area (Å²) in [5.74, 6) is 0.612. The van der Waals surface area contributed by atoms with Gasteiger partial charge < -0.3 is 10.8 Å². The SMILES string of the molecule is CC(C)C1(CN)CC(O)C1. The Hall–Kier alpha value is -0.0800. The Morgan fingerprint density at radius 2 is 2.10 bits per heavy atom. The predicted molar refractivity (Wildman–Crippen MR) is 41.6 cm³/mol. The summed E-state index contributed by atoms with van der Waals surface area (Å²) in [6.07, 6.45) is 1.73. The summed E-state index contributed by atoms with van der Waals surface area (Å²) in [5.41, 5.74) is 5.88. The van der Waals surface area contributed by atoms with Crippen molar-refractivity contribution in [1.82, 2.24) is 0 Å². The average molecular weight is 143 g/mol. The molecule has 2 heteroatoms. The van der Waals surface area contributed by atoms with E-state index in [2.05, 4.69) is 13.8 Å². The van der Waals surface area contributed by atoms with E-state index in [0.717, 1.165) is 19.4 Å². The van der Waals surface area contributed by atoms with Crippen LogP contribution in [0.5, 0.6) is 0 Å². The summed E-state index contributed by atoms with van der Waals surface area (Å²) >= 11 is 0. The Balaban J connectivity index is 2.48. The van der Waals surface area contributed by atoms with Crippen LogP contribution in [0.1, 0.15) is 26.7 Å². The number of aliphatic hydroxyl groups excluding tert-OH is 1. The zero-order valence-electron chi connectivity index (χ0n) is 6.80. The summed E-state index contributed by atoms with van der Waals surface area (Å²) in [4.78, 5) is 0. The molecule has 0 saturated heterocycles. The molecule has 0 aromatic carbocycles. The largest absolute Gasteiger partial charge is 0.393 e. The molecule has 0 atom stereocenters. The van der Waals surface area contributed by atoms with Gasteiger partial charge in [0, 0.05) is 0 Å². The number of hydrogen-bond donors (Lipinski definition) is 2. The number of rotatable bonds is 2. The van der Waals surface area contributed by atoms with Crippen LogP contribution in [0.4, 0.5) is 0 Å². The summed E-state index contributed by atoms with van der Waals surface area (Å²) in [6, 6.07) is 0. The van der Waals surface area contributed by atoms with E-state index in [-0.39, 0.29) is 11.5 Å². The minimum Gasteiger partial charge on any atom is -0.393 e. The maximum atomic E-state index is 9.11. The molecule has 1 rings (SSSR count). The van der Waals surface area contributed by atoms with E-state index >= 15 is 0 Å². The third-order valence-electron chi connectivity index (χ3n) is 2.92. The van der Waals surface area contributed by atoms with Crippen LogP contribution in [0, 0.1) is 11.3 Å². The molecule has 0 unspecified atom stereocenters. The molecule has 0 aromatic heterocycles. The monoisotopic (exact) mass is 143 g/mol. The van der Waals surface area contributed by atoms with Crippen LogP contribution in [0.2, 0.25) is 0 Å². The molecule has 2 nitrogen and oxygen atoms in total. The van der Waals surface area contributed by atoms with Crippen LogP contribution >= 0.6 is 0 Å². The Kier molecular flexibility index (Phi) is 2.02. The first-order valence-corrected chi connectivity index (χ1v) is 3.99. The fourth-order valence-electron chi connectivity index (χ4n) is 1.75. The first kappa shape index (κ1) is 8.02. The lowest BCUT2D eigenvalue weighted by Gasteiger charge is -2.48. The molecule has 3 N–H and O–H groups in total. The highest BCUT2D eigenvalue weighted by Crippen LogP contribution is 2.45. The van der Waals surface area contributed by atoms with Gasteiger partial charge >= 0.3 is 0 Å². The molecule has 0 spiro atoms. The molecule has 0 radical (unpaired) electrons. The van der Waals surface area contributed by atoms with Crippen LogP contribution < -0.4 is 5.73 Å². The predicted octanol–water partition coefficient (Wildman–Crippen LogP) is 0.742. The minimum absolute atomic E-state index is 0.0778. The van der Waals surface area contributed by atoms with E-state index in [4.69, 9.17) is 10.8 Å². The highest BCUT2D eigenvalue weighted by atomic mass is 16.3. The van der Waals surface area contributed by atoms with Gasteiger partial charge in [-0.2, -0.15) is 0 Å². The lowest BCUT2D eigenvalue weighted by Crippen LogP contribution is -2.49. The van der Waals surface area contributed by atoms with Crippen molar-refractivity contribution in [2.75, 3.05) is 6.54 Å².